The van der Waals surface area contributed by atoms with Crippen LogP contribution in [0.4, 0.5) is 0 Å². The first-order valence-electron chi connectivity index (χ1n) is 7.37. The molecule has 3 heteroatoms. The molecule has 0 radical (unpaired) electrons. The predicted molar refractivity (Wildman–Crippen MR) is 83.8 cm³/mol. The van der Waals surface area contributed by atoms with E-state index in [1.165, 1.54) is 10.9 Å². The first-order valence-corrected chi connectivity index (χ1v) is 7.37. The number of para-hydroxylation sites is 1. The molecule has 0 bridgehead atoms. The lowest BCUT2D eigenvalue weighted by molar-refractivity contribution is 0.0832. The Balaban J connectivity index is 1.98. The van der Waals surface area contributed by atoms with Crippen molar-refractivity contribution in [1.29, 1.82) is 0 Å². The zero-order chi connectivity index (χ0) is 14.2. The molecule has 3 nitrogen and oxygen atoms in total. The quantitative estimate of drug-likeness (QED) is 0.908. The predicted octanol–water partition coefficient (Wildman–Crippen LogP) is 2.73. The van der Waals surface area contributed by atoms with Crippen molar-refractivity contribution in [3.8, 4) is 0 Å². The number of nitrogens with one attached hydrogen (secondary N) is 1. The molecule has 2 heterocycles. The number of fused-ring (bicyclic) bond motifs is 1. The summed E-state index contributed by atoms with van der Waals surface area (Å²) in [5, 5.41) is 4.77. The first-order chi connectivity index (χ1) is 9.56. The standard InChI is InChI=1S/C17H23N3/c1-13-10-14(15-6-4-5-7-16(15)19-13)11-20-9-8-18-12-17(20,2)3/h4-7,10,18H,8-9,11-12H2,1-3H3. The average molecular weight is 269 g/mol. The van der Waals surface area contributed by atoms with Gasteiger partial charge in [-0.05, 0) is 38.5 Å². The fraction of sp³-hybridized carbons (Fsp3) is 0.471. The first kappa shape index (κ1) is 13.5. The van der Waals surface area contributed by atoms with Gasteiger partial charge in [-0.3, -0.25) is 9.88 Å². The van der Waals surface area contributed by atoms with Gasteiger partial charge in [0.15, 0.2) is 0 Å². The molecule has 0 aliphatic carbocycles. The van der Waals surface area contributed by atoms with Gasteiger partial charge in [-0.15, -0.1) is 0 Å². The van der Waals surface area contributed by atoms with E-state index in [0.29, 0.717) is 0 Å². The average Bonchev–Trinajstić information content (AvgIpc) is 2.41. The third-order valence-corrected chi connectivity index (χ3v) is 4.26. The fourth-order valence-corrected chi connectivity index (χ4v) is 3.05. The van der Waals surface area contributed by atoms with Crippen molar-refractivity contribution in [3.05, 3.63) is 41.6 Å². The molecular formula is C17H23N3. The van der Waals surface area contributed by atoms with Gasteiger partial charge in [-0.2, -0.15) is 0 Å². The van der Waals surface area contributed by atoms with Crippen LogP contribution in [0.25, 0.3) is 10.9 Å². The van der Waals surface area contributed by atoms with Crippen LogP contribution in [0.5, 0.6) is 0 Å². The normalized spacial score (nSPS) is 19.4. The number of aromatic nitrogens is 1. The maximum absolute atomic E-state index is 4.63. The Labute approximate surface area is 121 Å². The second kappa shape index (κ2) is 5.15. The Hall–Kier alpha value is -1.45. The van der Waals surface area contributed by atoms with E-state index in [-0.39, 0.29) is 5.54 Å². The summed E-state index contributed by atoms with van der Waals surface area (Å²) in [6.45, 7) is 10.9. The highest BCUT2D eigenvalue weighted by Gasteiger charge is 2.29. The van der Waals surface area contributed by atoms with Gasteiger partial charge < -0.3 is 5.32 Å². The van der Waals surface area contributed by atoms with Crippen molar-refractivity contribution in [2.75, 3.05) is 19.6 Å². The van der Waals surface area contributed by atoms with Crippen LogP contribution in [0.1, 0.15) is 25.1 Å². The zero-order valence-electron chi connectivity index (χ0n) is 12.6. The van der Waals surface area contributed by atoms with E-state index >= 15 is 0 Å². The Bertz CT molecular complexity index is 619. The number of benzene rings is 1. The second-order valence-corrected chi connectivity index (χ2v) is 6.35. The largest absolute Gasteiger partial charge is 0.314 e. The zero-order valence-corrected chi connectivity index (χ0v) is 12.6. The number of aryl methyl sites for hydroxylation is 1. The van der Waals surface area contributed by atoms with E-state index in [4.69, 9.17) is 0 Å². The summed E-state index contributed by atoms with van der Waals surface area (Å²) in [6, 6.07) is 10.7. The van der Waals surface area contributed by atoms with Crippen LogP contribution in [-0.2, 0) is 6.54 Å². The molecule has 1 aromatic carbocycles. The lowest BCUT2D eigenvalue weighted by Crippen LogP contribution is -2.57. The van der Waals surface area contributed by atoms with Gasteiger partial charge in [0.1, 0.15) is 0 Å². The van der Waals surface area contributed by atoms with Crippen LogP contribution in [0, 0.1) is 6.92 Å². The number of nitrogens with zero attached hydrogens (tertiary/aromatic N) is 2. The van der Waals surface area contributed by atoms with E-state index in [1.807, 2.05) is 0 Å². The van der Waals surface area contributed by atoms with Crippen LogP contribution < -0.4 is 5.32 Å². The molecule has 1 N–H and O–H groups in total. The van der Waals surface area contributed by atoms with Crippen molar-refractivity contribution >= 4 is 10.9 Å². The van der Waals surface area contributed by atoms with E-state index in [9.17, 15) is 0 Å². The third-order valence-electron chi connectivity index (χ3n) is 4.26. The molecule has 0 unspecified atom stereocenters. The summed E-state index contributed by atoms with van der Waals surface area (Å²) in [4.78, 5) is 7.21. The van der Waals surface area contributed by atoms with Gasteiger partial charge in [-0.25, -0.2) is 0 Å². The summed E-state index contributed by atoms with van der Waals surface area (Å²) < 4.78 is 0. The van der Waals surface area contributed by atoms with Gasteiger partial charge in [0.25, 0.3) is 0 Å². The van der Waals surface area contributed by atoms with E-state index in [0.717, 1.165) is 37.4 Å². The Morgan fingerprint density at radius 1 is 1.30 bits per heavy atom. The molecule has 0 saturated carbocycles. The highest BCUT2D eigenvalue weighted by molar-refractivity contribution is 5.82. The van der Waals surface area contributed by atoms with Crippen LogP contribution in [0.2, 0.25) is 0 Å². The topological polar surface area (TPSA) is 28.2 Å². The minimum Gasteiger partial charge on any atom is -0.314 e. The summed E-state index contributed by atoms with van der Waals surface area (Å²) in [7, 11) is 0. The molecule has 2 aromatic rings. The molecule has 1 aliphatic heterocycles. The van der Waals surface area contributed by atoms with Crippen LogP contribution in [0.15, 0.2) is 30.3 Å². The minimum absolute atomic E-state index is 0.205. The van der Waals surface area contributed by atoms with Gasteiger partial charge >= 0.3 is 0 Å². The molecule has 0 spiro atoms. The summed E-state index contributed by atoms with van der Waals surface area (Å²) in [5.41, 5.74) is 3.81. The summed E-state index contributed by atoms with van der Waals surface area (Å²) in [5.74, 6) is 0. The van der Waals surface area contributed by atoms with E-state index < -0.39 is 0 Å². The van der Waals surface area contributed by atoms with Crippen molar-refractivity contribution < 1.29 is 0 Å². The molecule has 1 aromatic heterocycles. The minimum atomic E-state index is 0.205. The molecule has 106 valence electrons. The molecule has 3 rings (SSSR count). The van der Waals surface area contributed by atoms with Gasteiger partial charge in [0, 0.05) is 42.8 Å². The fourth-order valence-electron chi connectivity index (χ4n) is 3.05. The maximum atomic E-state index is 4.63. The van der Waals surface area contributed by atoms with Crippen molar-refractivity contribution in [2.24, 2.45) is 0 Å². The monoisotopic (exact) mass is 269 g/mol. The van der Waals surface area contributed by atoms with E-state index in [1.54, 1.807) is 0 Å². The van der Waals surface area contributed by atoms with Crippen molar-refractivity contribution in [3.63, 3.8) is 0 Å². The van der Waals surface area contributed by atoms with Gasteiger partial charge in [0.05, 0.1) is 5.52 Å². The molecule has 1 saturated heterocycles. The van der Waals surface area contributed by atoms with Crippen LogP contribution in [0.3, 0.4) is 0 Å². The molecule has 1 aliphatic rings. The lowest BCUT2D eigenvalue weighted by Gasteiger charge is -2.43. The van der Waals surface area contributed by atoms with Crippen molar-refractivity contribution in [1.82, 2.24) is 15.2 Å². The van der Waals surface area contributed by atoms with Crippen molar-refractivity contribution in [2.45, 2.75) is 32.9 Å². The van der Waals surface area contributed by atoms with Gasteiger partial charge in [-0.1, -0.05) is 18.2 Å². The molecular weight excluding hydrogens is 246 g/mol. The maximum Gasteiger partial charge on any atom is 0.0708 e. The highest BCUT2D eigenvalue weighted by atomic mass is 15.2. The van der Waals surface area contributed by atoms with Gasteiger partial charge in [0.2, 0.25) is 0 Å². The highest BCUT2D eigenvalue weighted by Crippen LogP contribution is 2.24. The van der Waals surface area contributed by atoms with Crippen LogP contribution >= 0.6 is 0 Å². The summed E-state index contributed by atoms with van der Waals surface area (Å²) in [6.07, 6.45) is 0. The van der Waals surface area contributed by atoms with Crippen LogP contribution in [-0.4, -0.2) is 35.1 Å². The Morgan fingerprint density at radius 2 is 2.10 bits per heavy atom. The SMILES string of the molecule is Cc1cc(CN2CCNCC2(C)C)c2ccccc2n1. The van der Waals surface area contributed by atoms with E-state index in [2.05, 4.69) is 66.3 Å². The molecule has 0 amide bonds. The summed E-state index contributed by atoms with van der Waals surface area (Å²) >= 11 is 0. The Morgan fingerprint density at radius 3 is 2.90 bits per heavy atom. The Kier molecular flexibility index (Phi) is 3.48. The smallest absolute Gasteiger partial charge is 0.0708 e. The third kappa shape index (κ3) is 2.56. The number of pyridine rings is 1. The number of hydrogen-bond acceptors (Lipinski definition) is 3. The molecule has 0 atom stereocenters. The molecule has 1 fully saturated rings. The number of rotatable bonds is 2. The number of hydrogen-bond donors (Lipinski definition) is 1. The number of piperazine rings is 1. The lowest BCUT2D eigenvalue weighted by atomic mass is 9.98. The molecule has 20 heavy (non-hydrogen) atoms. The second-order valence-electron chi connectivity index (χ2n) is 6.35.